The summed E-state index contributed by atoms with van der Waals surface area (Å²) in [6, 6.07) is 0. The van der Waals surface area contributed by atoms with Gasteiger partial charge in [-0.15, -0.1) is 0 Å². The summed E-state index contributed by atoms with van der Waals surface area (Å²) in [6.07, 6.45) is -0.0352. The van der Waals surface area contributed by atoms with Crippen molar-refractivity contribution in [2.24, 2.45) is 0 Å². The number of rotatable bonds is 3. The molecule has 1 rings (SSSR count). The van der Waals surface area contributed by atoms with E-state index in [1.165, 1.54) is 12.4 Å². The Hall–Kier alpha value is -0.780. The molecule has 0 bridgehead atoms. The molecule has 0 aromatic carbocycles. The van der Waals surface area contributed by atoms with Gasteiger partial charge in [0.25, 0.3) is 6.43 Å². The predicted molar refractivity (Wildman–Crippen MR) is 40.9 cm³/mol. The lowest BCUT2D eigenvalue weighted by molar-refractivity contribution is -0.130. The Kier molecular flexibility index (Phi) is 2.91. The third kappa shape index (κ3) is 2.37. The average molecular weight is 239 g/mol. The summed E-state index contributed by atoms with van der Waals surface area (Å²) in [5.74, 6) is -1.13. The standard InChI is InChI=1S/C6H5BrF2N2O/c7-4-1-10-11(2-4)3-5(12)6(8)9/h1-2,6H,3H2. The molecule has 0 aliphatic rings. The van der Waals surface area contributed by atoms with Gasteiger partial charge in [-0.25, -0.2) is 8.78 Å². The Morgan fingerprint density at radius 2 is 2.42 bits per heavy atom. The first-order valence-electron chi connectivity index (χ1n) is 3.08. The van der Waals surface area contributed by atoms with Crippen molar-refractivity contribution in [2.45, 2.75) is 13.0 Å². The molecule has 12 heavy (non-hydrogen) atoms. The van der Waals surface area contributed by atoms with E-state index in [0.29, 0.717) is 4.47 Å². The molecule has 6 heteroatoms. The van der Waals surface area contributed by atoms with Crippen LogP contribution in [0, 0.1) is 0 Å². The molecular weight excluding hydrogens is 234 g/mol. The van der Waals surface area contributed by atoms with Gasteiger partial charge in [-0.3, -0.25) is 9.48 Å². The number of halogens is 3. The third-order valence-corrected chi connectivity index (χ3v) is 1.57. The highest BCUT2D eigenvalue weighted by atomic mass is 79.9. The topological polar surface area (TPSA) is 34.9 Å². The molecule has 1 heterocycles. The minimum Gasteiger partial charge on any atom is -0.291 e. The number of carbonyl (C=O) groups is 1. The highest BCUT2D eigenvalue weighted by molar-refractivity contribution is 9.10. The Bertz CT molecular complexity index is 287. The first kappa shape index (κ1) is 9.31. The number of Topliss-reactive ketones (excluding diaryl/α,β-unsaturated/α-hetero) is 1. The van der Waals surface area contributed by atoms with Gasteiger partial charge >= 0.3 is 0 Å². The van der Waals surface area contributed by atoms with E-state index in [-0.39, 0.29) is 6.54 Å². The van der Waals surface area contributed by atoms with Gasteiger partial charge in [0.15, 0.2) is 0 Å². The average Bonchev–Trinajstić information content (AvgIpc) is 2.35. The van der Waals surface area contributed by atoms with Crippen LogP contribution < -0.4 is 0 Å². The van der Waals surface area contributed by atoms with Gasteiger partial charge in [0.05, 0.1) is 10.7 Å². The molecule has 66 valence electrons. The summed E-state index contributed by atoms with van der Waals surface area (Å²) >= 11 is 3.08. The maximum Gasteiger partial charge on any atom is 0.297 e. The lowest BCUT2D eigenvalue weighted by atomic mass is 10.4. The first-order chi connectivity index (χ1) is 5.59. The van der Waals surface area contributed by atoms with E-state index in [1.54, 1.807) is 0 Å². The number of nitrogens with zero attached hydrogens (tertiary/aromatic N) is 2. The van der Waals surface area contributed by atoms with Crippen molar-refractivity contribution in [1.82, 2.24) is 9.78 Å². The van der Waals surface area contributed by atoms with Gasteiger partial charge in [0, 0.05) is 6.20 Å². The van der Waals surface area contributed by atoms with E-state index < -0.39 is 12.2 Å². The molecule has 0 atom stereocenters. The normalized spacial score (nSPS) is 10.7. The molecule has 1 aromatic heterocycles. The number of hydrogen-bond acceptors (Lipinski definition) is 2. The molecule has 0 aliphatic heterocycles. The zero-order valence-corrected chi connectivity index (χ0v) is 7.46. The summed E-state index contributed by atoms with van der Waals surface area (Å²) in [5.41, 5.74) is 0. The van der Waals surface area contributed by atoms with Crippen LogP contribution >= 0.6 is 15.9 Å². The highest BCUT2D eigenvalue weighted by Crippen LogP contribution is 2.06. The minimum atomic E-state index is -2.92. The monoisotopic (exact) mass is 238 g/mol. The minimum absolute atomic E-state index is 0.386. The maximum atomic E-state index is 11.7. The molecule has 0 fully saturated rings. The van der Waals surface area contributed by atoms with Gasteiger partial charge in [0.1, 0.15) is 6.54 Å². The number of carbonyl (C=O) groups excluding carboxylic acids is 1. The molecule has 0 saturated carbocycles. The maximum absolute atomic E-state index is 11.7. The van der Waals surface area contributed by atoms with Crippen molar-refractivity contribution in [1.29, 1.82) is 0 Å². The predicted octanol–water partition coefficient (Wildman–Crippen LogP) is 1.48. The molecule has 0 amide bonds. The second-order valence-corrected chi connectivity index (χ2v) is 3.04. The quantitative estimate of drug-likeness (QED) is 0.800. The van der Waals surface area contributed by atoms with Gasteiger partial charge in [-0.1, -0.05) is 0 Å². The highest BCUT2D eigenvalue weighted by Gasteiger charge is 2.15. The van der Waals surface area contributed by atoms with E-state index in [4.69, 9.17) is 0 Å². The van der Waals surface area contributed by atoms with Crippen LogP contribution in [0.5, 0.6) is 0 Å². The van der Waals surface area contributed by atoms with E-state index in [1.807, 2.05) is 0 Å². The van der Waals surface area contributed by atoms with Crippen molar-refractivity contribution in [2.75, 3.05) is 0 Å². The van der Waals surface area contributed by atoms with Crippen LogP contribution in [0.1, 0.15) is 0 Å². The van der Waals surface area contributed by atoms with Crippen LogP contribution in [0.4, 0.5) is 8.78 Å². The summed E-state index contributed by atoms with van der Waals surface area (Å²) in [6.45, 7) is -0.386. The Morgan fingerprint density at radius 1 is 1.75 bits per heavy atom. The molecule has 0 radical (unpaired) electrons. The fourth-order valence-electron chi connectivity index (χ4n) is 0.653. The Morgan fingerprint density at radius 3 is 2.83 bits per heavy atom. The molecule has 0 unspecified atom stereocenters. The van der Waals surface area contributed by atoms with Crippen LogP contribution in [0.2, 0.25) is 0 Å². The second kappa shape index (κ2) is 3.75. The van der Waals surface area contributed by atoms with Crippen LogP contribution in [0.3, 0.4) is 0 Å². The van der Waals surface area contributed by atoms with Crippen molar-refractivity contribution in [3.05, 3.63) is 16.9 Å². The van der Waals surface area contributed by atoms with E-state index >= 15 is 0 Å². The van der Waals surface area contributed by atoms with Crippen LogP contribution in [-0.4, -0.2) is 22.0 Å². The van der Waals surface area contributed by atoms with E-state index in [0.717, 1.165) is 4.68 Å². The van der Waals surface area contributed by atoms with E-state index in [9.17, 15) is 13.6 Å². The molecule has 3 nitrogen and oxygen atoms in total. The fraction of sp³-hybridized carbons (Fsp3) is 0.333. The second-order valence-electron chi connectivity index (χ2n) is 2.12. The molecular formula is C6H5BrF2N2O. The Labute approximate surface area is 75.5 Å². The lowest BCUT2D eigenvalue weighted by Crippen LogP contribution is -2.17. The van der Waals surface area contributed by atoms with Crippen molar-refractivity contribution >= 4 is 21.7 Å². The van der Waals surface area contributed by atoms with Gasteiger partial charge in [-0.2, -0.15) is 5.10 Å². The van der Waals surface area contributed by atoms with Crippen molar-refractivity contribution < 1.29 is 13.6 Å². The zero-order valence-electron chi connectivity index (χ0n) is 5.88. The molecule has 1 aromatic rings. The summed E-state index contributed by atoms with van der Waals surface area (Å²) < 4.78 is 25.2. The van der Waals surface area contributed by atoms with Crippen LogP contribution in [0.25, 0.3) is 0 Å². The van der Waals surface area contributed by atoms with Crippen molar-refractivity contribution in [3.8, 4) is 0 Å². The van der Waals surface area contributed by atoms with Gasteiger partial charge in [-0.05, 0) is 15.9 Å². The number of hydrogen-bond donors (Lipinski definition) is 0. The van der Waals surface area contributed by atoms with Crippen LogP contribution in [-0.2, 0) is 11.3 Å². The number of aromatic nitrogens is 2. The lowest BCUT2D eigenvalue weighted by Gasteiger charge is -1.98. The zero-order chi connectivity index (χ0) is 9.14. The summed E-state index contributed by atoms with van der Waals surface area (Å²) in [4.78, 5) is 10.5. The summed E-state index contributed by atoms with van der Waals surface area (Å²) in [5, 5.41) is 3.65. The summed E-state index contributed by atoms with van der Waals surface area (Å²) in [7, 11) is 0. The SMILES string of the molecule is O=C(Cn1cc(Br)cn1)C(F)F. The number of alkyl halides is 2. The van der Waals surface area contributed by atoms with Crippen LogP contribution in [0.15, 0.2) is 16.9 Å². The molecule has 0 N–H and O–H groups in total. The fourth-order valence-corrected chi connectivity index (χ4v) is 0.981. The largest absolute Gasteiger partial charge is 0.297 e. The van der Waals surface area contributed by atoms with Crippen molar-refractivity contribution in [3.63, 3.8) is 0 Å². The van der Waals surface area contributed by atoms with Gasteiger partial charge < -0.3 is 0 Å². The van der Waals surface area contributed by atoms with E-state index in [2.05, 4.69) is 21.0 Å². The molecule has 0 spiro atoms. The third-order valence-electron chi connectivity index (χ3n) is 1.16. The number of ketones is 1. The Balaban J connectivity index is 2.58. The first-order valence-corrected chi connectivity index (χ1v) is 3.87. The molecule has 0 aliphatic carbocycles. The van der Waals surface area contributed by atoms with Gasteiger partial charge in [0.2, 0.25) is 5.78 Å². The molecule has 0 saturated heterocycles. The smallest absolute Gasteiger partial charge is 0.291 e.